The van der Waals surface area contributed by atoms with Crippen molar-refractivity contribution in [1.82, 2.24) is 0 Å². The lowest BCUT2D eigenvalue weighted by molar-refractivity contribution is -0.121. The van der Waals surface area contributed by atoms with Gasteiger partial charge in [0.1, 0.15) is 17.2 Å². The topological polar surface area (TPSA) is 75.7 Å². The minimum Gasteiger partial charge on any atom is -0.497 e. The molecule has 0 bridgehead atoms. The van der Waals surface area contributed by atoms with Crippen LogP contribution in [0.3, 0.4) is 0 Å². The van der Waals surface area contributed by atoms with Gasteiger partial charge in [-0.3, -0.25) is 14.4 Å². The number of para-hydroxylation sites is 2. The van der Waals surface area contributed by atoms with Gasteiger partial charge in [0.15, 0.2) is 11.6 Å². The van der Waals surface area contributed by atoms with Gasteiger partial charge in [0, 0.05) is 27.0 Å². The van der Waals surface area contributed by atoms with Crippen LogP contribution < -0.4 is 15.0 Å². The van der Waals surface area contributed by atoms with Crippen LogP contribution in [0.5, 0.6) is 5.75 Å². The number of hydrogen-bond acceptors (Lipinski definition) is 5. The van der Waals surface area contributed by atoms with Gasteiger partial charge in [-0.1, -0.05) is 88.7 Å². The second-order valence-electron chi connectivity index (χ2n) is 10.5. The molecule has 4 aromatic rings. The zero-order chi connectivity index (χ0) is 28.3. The van der Waals surface area contributed by atoms with Crippen LogP contribution in [0, 0.1) is 5.92 Å². The van der Waals surface area contributed by atoms with Crippen molar-refractivity contribution < 1.29 is 19.1 Å². The SMILES string of the molecule is COc1cccc(C(=O)[C@H]2[C@@H](C(=O)c3ccc(Br)cc3)[C@]3(C(=O)Nc4ccccc43)[C@H]3C=Cc4ccccc4N23)c1. The van der Waals surface area contributed by atoms with Crippen molar-refractivity contribution in [3.8, 4) is 5.75 Å². The molecule has 3 heterocycles. The summed E-state index contributed by atoms with van der Waals surface area (Å²) >= 11 is 3.46. The largest absolute Gasteiger partial charge is 0.497 e. The number of fused-ring (bicyclic) bond motifs is 6. The number of carbonyl (C=O) groups is 3. The van der Waals surface area contributed by atoms with Crippen LogP contribution in [0.2, 0.25) is 0 Å². The van der Waals surface area contributed by atoms with Gasteiger partial charge < -0.3 is 15.0 Å². The number of halogens is 1. The van der Waals surface area contributed by atoms with Crippen molar-refractivity contribution in [2.45, 2.75) is 17.5 Å². The van der Waals surface area contributed by atoms with E-state index >= 15 is 0 Å². The molecule has 202 valence electrons. The lowest BCUT2D eigenvalue weighted by atomic mass is 9.64. The minimum absolute atomic E-state index is 0.247. The summed E-state index contributed by atoms with van der Waals surface area (Å²) in [4.78, 5) is 45.9. The summed E-state index contributed by atoms with van der Waals surface area (Å²) in [6.45, 7) is 0. The molecule has 6 nitrogen and oxygen atoms in total. The van der Waals surface area contributed by atoms with Crippen LogP contribution in [0.4, 0.5) is 11.4 Å². The number of carbonyl (C=O) groups excluding carboxylic acids is 3. The van der Waals surface area contributed by atoms with Crippen molar-refractivity contribution >= 4 is 50.9 Å². The molecule has 4 atom stereocenters. The van der Waals surface area contributed by atoms with Crippen LogP contribution in [0.25, 0.3) is 6.08 Å². The molecule has 41 heavy (non-hydrogen) atoms. The molecular formula is C34H25BrN2O4. The lowest BCUT2D eigenvalue weighted by Crippen LogP contribution is -2.51. The molecule has 1 saturated heterocycles. The van der Waals surface area contributed by atoms with Gasteiger partial charge in [0.25, 0.3) is 0 Å². The van der Waals surface area contributed by atoms with Crippen LogP contribution in [-0.4, -0.2) is 36.7 Å². The smallest absolute Gasteiger partial charge is 0.238 e. The summed E-state index contributed by atoms with van der Waals surface area (Å²) in [6.07, 6.45) is 3.97. The van der Waals surface area contributed by atoms with Crippen LogP contribution >= 0.6 is 15.9 Å². The first-order valence-electron chi connectivity index (χ1n) is 13.4. The Kier molecular flexibility index (Phi) is 5.94. The molecule has 1 N–H and O–H groups in total. The van der Waals surface area contributed by atoms with Gasteiger partial charge in [0.2, 0.25) is 5.91 Å². The summed E-state index contributed by atoms with van der Waals surface area (Å²) in [5, 5.41) is 3.06. The Morgan fingerprint density at radius 2 is 1.63 bits per heavy atom. The summed E-state index contributed by atoms with van der Waals surface area (Å²) in [5.41, 5.74) is 2.62. The average Bonchev–Trinajstić information content (AvgIpc) is 3.49. The number of Topliss-reactive ketones (excluding diaryl/α,β-unsaturated/α-hetero) is 2. The second kappa shape index (κ2) is 9.56. The van der Waals surface area contributed by atoms with E-state index in [1.54, 1.807) is 55.6 Å². The van der Waals surface area contributed by atoms with Crippen LogP contribution in [0.1, 0.15) is 31.8 Å². The molecule has 0 aromatic heterocycles. The number of amides is 1. The molecule has 0 radical (unpaired) electrons. The molecule has 3 aliphatic rings. The van der Waals surface area contributed by atoms with Gasteiger partial charge in [-0.25, -0.2) is 0 Å². The first kappa shape index (κ1) is 25.5. The summed E-state index contributed by atoms with van der Waals surface area (Å²) in [6, 6.07) is 27.8. The van der Waals surface area contributed by atoms with E-state index in [4.69, 9.17) is 4.74 Å². The van der Waals surface area contributed by atoms with E-state index in [1.165, 1.54) is 0 Å². The van der Waals surface area contributed by atoms with E-state index in [0.717, 1.165) is 21.3 Å². The van der Waals surface area contributed by atoms with Gasteiger partial charge in [-0.15, -0.1) is 0 Å². The first-order chi connectivity index (χ1) is 19.9. The molecule has 7 rings (SSSR count). The van der Waals surface area contributed by atoms with E-state index in [-0.39, 0.29) is 17.5 Å². The summed E-state index contributed by atoms with van der Waals surface area (Å²) in [5.74, 6) is -1.27. The molecule has 1 spiro atoms. The Labute approximate surface area is 245 Å². The van der Waals surface area contributed by atoms with E-state index in [1.807, 2.05) is 65.6 Å². The fraction of sp³-hybridized carbons (Fsp3) is 0.147. The third-order valence-corrected chi connectivity index (χ3v) is 9.10. The van der Waals surface area contributed by atoms with Gasteiger partial charge in [-0.05, 0) is 47.5 Å². The van der Waals surface area contributed by atoms with E-state index in [0.29, 0.717) is 22.6 Å². The average molecular weight is 605 g/mol. The van der Waals surface area contributed by atoms with Crippen molar-refractivity contribution in [1.29, 1.82) is 0 Å². The number of rotatable bonds is 5. The third kappa shape index (κ3) is 3.65. The van der Waals surface area contributed by atoms with Crippen molar-refractivity contribution in [3.05, 3.63) is 130 Å². The number of nitrogens with zero attached hydrogens (tertiary/aromatic N) is 1. The van der Waals surface area contributed by atoms with E-state index < -0.39 is 23.4 Å². The van der Waals surface area contributed by atoms with Gasteiger partial charge >= 0.3 is 0 Å². The molecule has 1 amide bonds. The van der Waals surface area contributed by atoms with E-state index in [2.05, 4.69) is 21.2 Å². The summed E-state index contributed by atoms with van der Waals surface area (Å²) < 4.78 is 6.26. The summed E-state index contributed by atoms with van der Waals surface area (Å²) in [7, 11) is 1.55. The highest BCUT2D eigenvalue weighted by Gasteiger charge is 2.70. The zero-order valence-electron chi connectivity index (χ0n) is 22.1. The molecule has 4 aromatic carbocycles. The Balaban J connectivity index is 1.53. The number of ether oxygens (including phenoxy) is 1. The molecule has 0 aliphatic carbocycles. The maximum atomic E-state index is 14.8. The standard InChI is InChI=1S/C34H25BrN2O4/c1-41-24-9-6-8-22(19-24)32(39)30-29(31(38)21-13-16-23(35)17-14-21)34(25-10-3-4-11-26(25)36-33(34)40)28-18-15-20-7-2-5-12-27(20)37(28)30/h2-19,28-30H,1H3,(H,36,40)/t28-,29+,30-,34-/m1/s1. The minimum atomic E-state index is -1.34. The molecule has 7 heteroatoms. The fourth-order valence-electron chi connectivity index (χ4n) is 6.86. The number of ketones is 2. The molecule has 1 fully saturated rings. The highest BCUT2D eigenvalue weighted by molar-refractivity contribution is 9.10. The van der Waals surface area contributed by atoms with Crippen LogP contribution in [-0.2, 0) is 10.2 Å². The maximum Gasteiger partial charge on any atom is 0.238 e. The Hall–Kier alpha value is -4.49. The van der Waals surface area contributed by atoms with E-state index in [9.17, 15) is 14.4 Å². The number of nitrogens with one attached hydrogen (secondary N) is 1. The Morgan fingerprint density at radius 3 is 2.44 bits per heavy atom. The number of anilines is 2. The number of benzene rings is 4. The molecule has 0 saturated carbocycles. The third-order valence-electron chi connectivity index (χ3n) is 8.58. The number of methoxy groups -OCH3 is 1. The predicted octanol–water partition coefficient (Wildman–Crippen LogP) is 6.31. The highest BCUT2D eigenvalue weighted by atomic mass is 79.9. The molecule has 0 unspecified atom stereocenters. The predicted molar refractivity (Wildman–Crippen MR) is 162 cm³/mol. The van der Waals surface area contributed by atoms with Gasteiger partial charge in [0.05, 0.1) is 19.1 Å². The Morgan fingerprint density at radius 1 is 0.878 bits per heavy atom. The fourth-order valence-corrected chi connectivity index (χ4v) is 7.12. The van der Waals surface area contributed by atoms with Crippen molar-refractivity contribution in [2.24, 2.45) is 5.92 Å². The monoisotopic (exact) mass is 604 g/mol. The Bertz CT molecular complexity index is 1760. The molecular weight excluding hydrogens is 580 g/mol. The zero-order valence-corrected chi connectivity index (χ0v) is 23.7. The lowest BCUT2D eigenvalue weighted by Gasteiger charge is -2.37. The number of hydrogen-bond donors (Lipinski definition) is 1. The van der Waals surface area contributed by atoms with Crippen molar-refractivity contribution in [2.75, 3.05) is 17.3 Å². The maximum absolute atomic E-state index is 14.8. The highest BCUT2D eigenvalue weighted by Crippen LogP contribution is 2.58. The molecule has 3 aliphatic heterocycles. The quantitative estimate of drug-likeness (QED) is 0.270. The van der Waals surface area contributed by atoms with Crippen LogP contribution in [0.15, 0.2) is 108 Å². The van der Waals surface area contributed by atoms with Gasteiger partial charge in [-0.2, -0.15) is 0 Å². The normalized spacial score (nSPS) is 23.5. The second-order valence-corrected chi connectivity index (χ2v) is 11.4. The first-order valence-corrected chi connectivity index (χ1v) is 14.2. The van der Waals surface area contributed by atoms with Crippen molar-refractivity contribution in [3.63, 3.8) is 0 Å².